The van der Waals surface area contributed by atoms with E-state index in [0.29, 0.717) is 62.9 Å². The first-order valence-electron chi connectivity index (χ1n) is 8.58. The molecule has 2 aromatic rings. The number of halogens is 1. The van der Waals surface area contributed by atoms with E-state index < -0.39 is 0 Å². The molecule has 1 aromatic heterocycles. The smallest absolute Gasteiger partial charge is 0.320 e. The summed E-state index contributed by atoms with van der Waals surface area (Å²) < 4.78 is 24.1. The van der Waals surface area contributed by atoms with Gasteiger partial charge in [0, 0.05) is 45.3 Å². The third-order valence-corrected chi connectivity index (χ3v) is 4.68. The third-order valence-electron chi connectivity index (χ3n) is 4.68. The normalized spacial score (nSPS) is 19.6. The molecule has 2 saturated heterocycles. The van der Waals surface area contributed by atoms with E-state index in [1.807, 2.05) is 9.80 Å². The average Bonchev–Trinajstić information content (AvgIpc) is 3.04. The lowest BCUT2D eigenvalue weighted by atomic mass is 10.3. The molecule has 2 fully saturated rings. The first-order chi connectivity index (χ1) is 12.2. The molecule has 0 aliphatic carbocycles. The van der Waals surface area contributed by atoms with Gasteiger partial charge in [0.1, 0.15) is 11.3 Å². The van der Waals surface area contributed by atoms with Crippen molar-refractivity contribution in [3.63, 3.8) is 0 Å². The highest BCUT2D eigenvalue weighted by molar-refractivity contribution is 5.74. The number of hydrogen-bond donors (Lipinski definition) is 0. The number of oxazole rings is 1. The zero-order valence-electron chi connectivity index (χ0n) is 14.0. The monoisotopic (exact) mass is 348 g/mol. The van der Waals surface area contributed by atoms with E-state index in [2.05, 4.69) is 9.88 Å². The van der Waals surface area contributed by atoms with Gasteiger partial charge in [-0.2, -0.15) is 0 Å². The van der Waals surface area contributed by atoms with E-state index in [4.69, 9.17) is 9.15 Å². The predicted molar refractivity (Wildman–Crippen MR) is 88.6 cm³/mol. The van der Waals surface area contributed by atoms with Crippen LogP contribution in [-0.4, -0.2) is 78.2 Å². The summed E-state index contributed by atoms with van der Waals surface area (Å²) in [4.78, 5) is 22.8. The number of fused-ring (bicyclic) bond motifs is 1. The van der Waals surface area contributed by atoms with Gasteiger partial charge in [0.05, 0.1) is 19.8 Å². The summed E-state index contributed by atoms with van der Waals surface area (Å²) in [7, 11) is 0. The van der Waals surface area contributed by atoms with Crippen molar-refractivity contribution >= 4 is 17.1 Å². The number of nitrogens with zero attached hydrogens (tertiary/aromatic N) is 4. The van der Waals surface area contributed by atoms with Crippen LogP contribution in [0.15, 0.2) is 22.6 Å². The number of urea groups is 1. The molecule has 4 rings (SSSR count). The molecule has 7 nitrogen and oxygen atoms in total. The molecule has 0 N–H and O–H groups in total. The van der Waals surface area contributed by atoms with Crippen molar-refractivity contribution in [3.8, 4) is 0 Å². The number of carbonyl (C=O) groups excluding carboxylic acids is 1. The van der Waals surface area contributed by atoms with Crippen LogP contribution in [-0.2, 0) is 11.3 Å². The Balaban J connectivity index is 1.32. The molecule has 2 aliphatic rings. The van der Waals surface area contributed by atoms with Crippen molar-refractivity contribution in [3.05, 3.63) is 29.9 Å². The van der Waals surface area contributed by atoms with Gasteiger partial charge < -0.3 is 19.0 Å². The van der Waals surface area contributed by atoms with Gasteiger partial charge in [0.2, 0.25) is 5.89 Å². The summed E-state index contributed by atoms with van der Waals surface area (Å²) in [6.45, 7) is 6.03. The number of piperazine rings is 1. The third kappa shape index (κ3) is 3.59. The van der Waals surface area contributed by atoms with Crippen LogP contribution in [0.4, 0.5) is 9.18 Å². The molecule has 3 heterocycles. The van der Waals surface area contributed by atoms with Crippen LogP contribution >= 0.6 is 0 Å². The number of ether oxygens (including phenoxy) is 1. The van der Waals surface area contributed by atoms with Crippen LogP contribution in [0.3, 0.4) is 0 Å². The lowest BCUT2D eigenvalue weighted by molar-refractivity contribution is 0.0369. The fraction of sp³-hybridized carbons (Fsp3) is 0.529. The van der Waals surface area contributed by atoms with Crippen molar-refractivity contribution in [2.24, 2.45) is 0 Å². The lowest BCUT2D eigenvalue weighted by Crippen LogP contribution is -2.54. The van der Waals surface area contributed by atoms with Gasteiger partial charge in [0.25, 0.3) is 0 Å². The highest BCUT2D eigenvalue weighted by Crippen LogP contribution is 2.18. The van der Waals surface area contributed by atoms with E-state index in [1.54, 1.807) is 6.07 Å². The maximum atomic E-state index is 13.2. The number of carbonyl (C=O) groups is 1. The van der Waals surface area contributed by atoms with Crippen LogP contribution in [0.1, 0.15) is 5.89 Å². The number of amides is 2. The topological polar surface area (TPSA) is 62.1 Å². The standard InChI is InChI=1S/C17H21FN4O3/c18-13-1-2-14-15(11-13)25-16(19-14)12-20-3-5-21(6-4-20)17(23)22-7-9-24-10-8-22/h1-2,11H,3-10,12H2. The largest absolute Gasteiger partial charge is 0.439 e. The van der Waals surface area contributed by atoms with Crippen molar-refractivity contribution in [2.45, 2.75) is 6.54 Å². The van der Waals surface area contributed by atoms with Gasteiger partial charge in [-0.25, -0.2) is 14.2 Å². The molecule has 0 spiro atoms. The molecule has 0 unspecified atom stereocenters. The Morgan fingerprint density at radius 1 is 1.08 bits per heavy atom. The fourth-order valence-electron chi connectivity index (χ4n) is 3.26. The van der Waals surface area contributed by atoms with Crippen molar-refractivity contribution in [2.75, 3.05) is 52.5 Å². The van der Waals surface area contributed by atoms with Crippen LogP contribution in [0.25, 0.3) is 11.1 Å². The first kappa shape index (κ1) is 16.3. The number of aromatic nitrogens is 1. The molecule has 0 saturated carbocycles. The summed E-state index contributed by atoms with van der Waals surface area (Å²) in [5.74, 6) is 0.249. The molecule has 0 radical (unpaired) electrons. The quantitative estimate of drug-likeness (QED) is 0.824. The van der Waals surface area contributed by atoms with Gasteiger partial charge in [-0.05, 0) is 12.1 Å². The van der Waals surface area contributed by atoms with E-state index in [-0.39, 0.29) is 11.8 Å². The van der Waals surface area contributed by atoms with Gasteiger partial charge in [0.15, 0.2) is 5.58 Å². The minimum absolute atomic E-state index is 0.0975. The van der Waals surface area contributed by atoms with Gasteiger partial charge in [-0.3, -0.25) is 4.90 Å². The number of rotatable bonds is 2. The Morgan fingerprint density at radius 2 is 1.80 bits per heavy atom. The molecule has 2 aliphatic heterocycles. The van der Waals surface area contributed by atoms with Crippen LogP contribution in [0, 0.1) is 5.82 Å². The number of hydrogen-bond acceptors (Lipinski definition) is 5. The minimum Gasteiger partial charge on any atom is -0.439 e. The predicted octanol–water partition coefficient (Wildman–Crippen LogP) is 1.54. The second-order valence-corrected chi connectivity index (χ2v) is 6.36. The average molecular weight is 348 g/mol. The Bertz CT molecular complexity index is 751. The molecule has 0 bridgehead atoms. The van der Waals surface area contributed by atoms with Crippen molar-refractivity contribution in [1.82, 2.24) is 19.7 Å². The first-order valence-corrected chi connectivity index (χ1v) is 8.58. The zero-order chi connectivity index (χ0) is 17.2. The fourth-order valence-corrected chi connectivity index (χ4v) is 3.26. The zero-order valence-corrected chi connectivity index (χ0v) is 14.0. The summed E-state index contributed by atoms with van der Waals surface area (Å²) in [5, 5.41) is 0. The second kappa shape index (κ2) is 6.97. The summed E-state index contributed by atoms with van der Waals surface area (Å²) in [6, 6.07) is 4.45. The second-order valence-electron chi connectivity index (χ2n) is 6.36. The van der Waals surface area contributed by atoms with E-state index in [0.717, 1.165) is 13.1 Å². The van der Waals surface area contributed by atoms with E-state index in [1.165, 1.54) is 12.1 Å². The maximum absolute atomic E-state index is 13.2. The molecule has 0 atom stereocenters. The lowest BCUT2D eigenvalue weighted by Gasteiger charge is -2.38. The SMILES string of the molecule is O=C(N1CCOCC1)N1CCN(Cc2nc3ccc(F)cc3o2)CC1. The highest BCUT2D eigenvalue weighted by Gasteiger charge is 2.26. The van der Waals surface area contributed by atoms with Crippen LogP contribution < -0.4 is 0 Å². The van der Waals surface area contributed by atoms with Gasteiger partial charge >= 0.3 is 6.03 Å². The molecular weight excluding hydrogens is 327 g/mol. The highest BCUT2D eigenvalue weighted by atomic mass is 19.1. The van der Waals surface area contributed by atoms with Crippen LogP contribution in [0.5, 0.6) is 0 Å². The molecule has 25 heavy (non-hydrogen) atoms. The summed E-state index contributed by atoms with van der Waals surface area (Å²) in [6.07, 6.45) is 0. The van der Waals surface area contributed by atoms with Gasteiger partial charge in [-0.15, -0.1) is 0 Å². The number of morpholine rings is 1. The summed E-state index contributed by atoms with van der Waals surface area (Å²) in [5.41, 5.74) is 1.13. The molecule has 2 amide bonds. The van der Waals surface area contributed by atoms with Gasteiger partial charge in [-0.1, -0.05) is 0 Å². The molecule has 8 heteroatoms. The molecular formula is C17H21FN4O3. The Kier molecular flexibility index (Phi) is 4.54. The Morgan fingerprint density at radius 3 is 2.56 bits per heavy atom. The maximum Gasteiger partial charge on any atom is 0.320 e. The molecule has 134 valence electrons. The summed E-state index contributed by atoms with van der Waals surface area (Å²) >= 11 is 0. The van der Waals surface area contributed by atoms with Crippen LogP contribution in [0.2, 0.25) is 0 Å². The molecule has 1 aromatic carbocycles. The minimum atomic E-state index is -0.328. The van der Waals surface area contributed by atoms with Crippen molar-refractivity contribution in [1.29, 1.82) is 0 Å². The van der Waals surface area contributed by atoms with E-state index >= 15 is 0 Å². The van der Waals surface area contributed by atoms with Crippen molar-refractivity contribution < 1.29 is 18.3 Å². The number of benzene rings is 1. The Hall–Kier alpha value is -2.19. The Labute approximate surface area is 144 Å². The van der Waals surface area contributed by atoms with E-state index in [9.17, 15) is 9.18 Å².